The molecule has 162 valence electrons. The lowest BCUT2D eigenvalue weighted by atomic mass is 9.89. The summed E-state index contributed by atoms with van der Waals surface area (Å²) in [6, 6.07) is 14.1. The van der Waals surface area contributed by atoms with Gasteiger partial charge < -0.3 is 10.1 Å². The number of ether oxygens (including phenoxy) is 1. The molecule has 3 aromatic rings. The van der Waals surface area contributed by atoms with Crippen LogP contribution in [0.15, 0.2) is 66.6 Å². The molecule has 6 nitrogen and oxygen atoms in total. The number of hydrogen-bond acceptors (Lipinski definition) is 5. The van der Waals surface area contributed by atoms with Crippen molar-refractivity contribution in [1.82, 2.24) is 20.5 Å². The first kappa shape index (κ1) is 20.4. The molecule has 2 aromatic heterocycles. The van der Waals surface area contributed by atoms with Crippen LogP contribution in [0.3, 0.4) is 0 Å². The fourth-order valence-electron chi connectivity index (χ4n) is 4.11. The van der Waals surface area contributed by atoms with Crippen LogP contribution in [-0.4, -0.2) is 27.1 Å². The van der Waals surface area contributed by atoms with Gasteiger partial charge in [-0.15, -0.1) is 0 Å². The molecule has 32 heavy (non-hydrogen) atoms. The summed E-state index contributed by atoms with van der Waals surface area (Å²) in [5, 5.41) is 10.6. The fraction of sp³-hybridized carbons (Fsp3) is 0.308. The van der Waals surface area contributed by atoms with Crippen LogP contribution in [0.25, 0.3) is 6.08 Å². The van der Waals surface area contributed by atoms with Crippen LogP contribution < -0.4 is 10.1 Å². The Bertz CT molecular complexity index is 1100. The number of nitrogens with zero attached hydrogens (tertiary/aromatic N) is 3. The fourth-order valence-corrected chi connectivity index (χ4v) is 4.11. The van der Waals surface area contributed by atoms with Crippen molar-refractivity contribution in [3.05, 3.63) is 83.3 Å². The number of benzene rings is 1. The summed E-state index contributed by atoms with van der Waals surface area (Å²) in [5.74, 6) is 2.03. The second kappa shape index (κ2) is 9.30. The summed E-state index contributed by atoms with van der Waals surface area (Å²) in [6.45, 7) is 0. The third-order valence-corrected chi connectivity index (χ3v) is 6.07. The lowest BCUT2D eigenvalue weighted by molar-refractivity contribution is 0.0930. The van der Waals surface area contributed by atoms with E-state index < -0.39 is 0 Å². The first-order valence-electron chi connectivity index (χ1n) is 11.2. The molecule has 0 saturated heterocycles. The first-order chi connectivity index (χ1) is 15.7. The Morgan fingerprint density at radius 3 is 2.59 bits per heavy atom. The van der Waals surface area contributed by atoms with Gasteiger partial charge in [0.2, 0.25) is 5.88 Å². The average Bonchev–Trinajstić information content (AvgIpc) is 3.67. The Balaban J connectivity index is 1.16. The molecular formula is C26H26N4O2. The number of pyridine rings is 1. The van der Waals surface area contributed by atoms with E-state index in [0.717, 1.165) is 37.0 Å². The Morgan fingerprint density at radius 2 is 1.88 bits per heavy atom. The van der Waals surface area contributed by atoms with Crippen LogP contribution in [0.2, 0.25) is 0 Å². The number of aromatic nitrogens is 3. The molecule has 0 atom stereocenters. The molecule has 0 aliphatic heterocycles. The van der Waals surface area contributed by atoms with Crippen LogP contribution in [0.5, 0.6) is 11.6 Å². The van der Waals surface area contributed by atoms with E-state index in [1.807, 2.05) is 30.5 Å². The van der Waals surface area contributed by atoms with Crippen molar-refractivity contribution in [2.24, 2.45) is 0 Å². The number of nitrogens with one attached hydrogen (secondary N) is 1. The number of rotatable bonds is 6. The van der Waals surface area contributed by atoms with Crippen LogP contribution >= 0.6 is 0 Å². The van der Waals surface area contributed by atoms with Crippen LogP contribution in [0.4, 0.5) is 0 Å². The van der Waals surface area contributed by atoms with Gasteiger partial charge in [-0.1, -0.05) is 29.8 Å². The SMILES string of the molecule is O=C(NC1CCC(=Cc2cccc(Oc3ccc(C4CC4)cn3)c2)CC1)c1ccnnc1. The summed E-state index contributed by atoms with van der Waals surface area (Å²) >= 11 is 0. The largest absolute Gasteiger partial charge is 0.439 e. The van der Waals surface area contributed by atoms with Gasteiger partial charge in [0, 0.05) is 18.3 Å². The number of carbonyl (C=O) groups is 1. The van der Waals surface area contributed by atoms with Gasteiger partial charge in [0.05, 0.1) is 18.0 Å². The zero-order chi connectivity index (χ0) is 21.8. The summed E-state index contributed by atoms with van der Waals surface area (Å²) < 4.78 is 5.97. The number of hydrogen-bond donors (Lipinski definition) is 1. The van der Waals surface area contributed by atoms with E-state index in [4.69, 9.17) is 4.74 Å². The number of carbonyl (C=O) groups excluding carboxylic acids is 1. The predicted octanol–water partition coefficient (Wildman–Crippen LogP) is 5.30. The highest BCUT2D eigenvalue weighted by atomic mass is 16.5. The molecule has 2 heterocycles. The standard InChI is InChI=1S/C26H26N4O2/c31-26(22-12-13-28-29-17-22)30-23-9-4-18(5-10-23)14-19-2-1-3-24(15-19)32-25-11-8-21(16-27-25)20-6-7-20/h1-3,8,11-17,20,23H,4-7,9-10H2,(H,30,31). The summed E-state index contributed by atoms with van der Waals surface area (Å²) in [7, 11) is 0. The van der Waals surface area contributed by atoms with Gasteiger partial charge in [-0.25, -0.2) is 4.98 Å². The molecular weight excluding hydrogens is 400 g/mol. The van der Waals surface area contributed by atoms with Crippen LogP contribution in [0, 0.1) is 0 Å². The maximum atomic E-state index is 12.3. The molecule has 0 spiro atoms. The summed E-state index contributed by atoms with van der Waals surface area (Å²) in [4.78, 5) is 16.8. The van der Waals surface area contributed by atoms with Gasteiger partial charge in [-0.2, -0.15) is 10.2 Å². The smallest absolute Gasteiger partial charge is 0.253 e. The van der Waals surface area contributed by atoms with E-state index in [1.54, 1.807) is 6.07 Å². The zero-order valence-electron chi connectivity index (χ0n) is 17.9. The Kier molecular flexibility index (Phi) is 5.92. The van der Waals surface area contributed by atoms with E-state index in [9.17, 15) is 4.79 Å². The first-order valence-corrected chi connectivity index (χ1v) is 11.2. The normalized spacial score (nSPS) is 18.1. The highest BCUT2D eigenvalue weighted by molar-refractivity contribution is 5.93. The van der Waals surface area contributed by atoms with E-state index in [0.29, 0.717) is 17.4 Å². The molecule has 6 heteroatoms. The summed E-state index contributed by atoms with van der Waals surface area (Å²) in [6.07, 6.45) is 13.5. The maximum Gasteiger partial charge on any atom is 0.253 e. The minimum Gasteiger partial charge on any atom is -0.439 e. The molecule has 1 N–H and O–H groups in total. The third-order valence-electron chi connectivity index (χ3n) is 6.07. The third kappa shape index (κ3) is 5.19. The topological polar surface area (TPSA) is 77.0 Å². The maximum absolute atomic E-state index is 12.3. The van der Waals surface area contributed by atoms with Crippen LogP contribution in [0.1, 0.15) is 65.9 Å². The average molecular weight is 427 g/mol. The Morgan fingerprint density at radius 1 is 1.00 bits per heavy atom. The summed E-state index contributed by atoms with van der Waals surface area (Å²) in [5.41, 5.74) is 4.37. The van der Waals surface area contributed by atoms with Gasteiger partial charge >= 0.3 is 0 Å². The molecule has 2 aliphatic carbocycles. The molecule has 2 fully saturated rings. The van der Waals surface area contributed by atoms with Gasteiger partial charge in [0.1, 0.15) is 5.75 Å². The van der Waals surface area contributed by atoms with Crippen molar-refractivity contribution < 1.29 is 9.53 Å². The van der Waals surface area contributed by atoms with E-state index in [-0.39, 0.29) is 11.9 Å². The van der Waals surface area contributed by atoms with Crippen molar-refractivity contribution in [3.8, 4) is 11.6 Å². The van der Waals surface area contributed by atoms with E-state index in [1.165, 1.54) is 36.4 Å². The predicted molar refractivity (Wildman–Crippen MR) is 122 cm³/mol. The van der Waals surface area contributed by atoms with Crippen molar-refractivity contribution in [2.45, 2.75) is 50.5 Å². The molecule has 2 saturated carbocycles. The molecule has 1 amide bonds. The van der Waals surface area contributed by atoms with Crippen LogP contribution in [-0.2, 0) is 0 Å². The van der Waals surface area contributed by atoms with Crippen molar-refractivity contribution in [3.63, 3.8) is 0 Å². The van der Waals surface area contributed by atoms with Crippen molar-refractivity contribution in [1.29, 1.82) is 0 Å². The minimum absolute atomic E-state index is 0.0825. The monoisotopic (exact) mass is 426 g/mol. The molecule has 0 unspecified atom stereocenters. The lowest BCUT2D eigenvalue weighted by Gasteiger charge is -2.25. The van der Waals surface area contributed by atoms with Gasteiger partial charge in [-0.3, -0.25) is 4.79 Å². The van der Waals surface area contributed by atoms with Gasteiger partial charge in [0.25, 0.3) is 5.91 Å². The van der Waals surface area contributed by atoms with Crippen molar-refractivity contribution >= 4 is 12.0 Å². The second-order valence-electron chi connectivity index (χ2n) is 8.56. The highest BCUT2D eigenvalue weighted by Crippen LogP contribution is 2.40. The molecule has 5 rings (SSSR count). The van der Waals surface area contributed by atoms with E-state index in [2.05, 4.69) is 38.7 Å². The molecule has 0 bridgehead atoms. The minimum atomic E-state index is -0.0825. The zero-order valence-corrected chi connectivity index (χ0v) is 17.9. The lowest BCUT2D eigenvalue weighted by Crippen LogP contribution is -2.36. The van der Waals surface area contributed by atoms with Crippen molar-refractivity contribution in [2.75, 3.05) is 0 Å². The number of amides is 1. The van der Waals surface area contributed by atoms with Gasteiger partial charge in [-0.05, 0) is 73.8 Å². The number of allylic oxidation sites excluding steroid dienone is 1. The Labute approximate surface area is 187 Å². The highest BCUT2D eigenvalue weighted by Gasteiger charge is 2.23. The second-order valence-corrected chi connectivity index (χ2v) is 8.56. The molecule has 2 aliphatic rings. The van der Waals surface area contributed by atoms with Gasteiger partial charge in [0.15, 0.2) is 0 Å². The van der Waals surface area contributed by atoms with E-state index >= 15 is 0 Å². The quantitative estimate of drug-likeness (QED) is 0.579. The molecule has 1 aromatic carbocycles. The molecule has 0 radical (unpaired) electrons. The Hall–Kier alpha value is -3.54.